The largest absolute Gasteiger partial charge is 0.328 e. The van der Waals surface area contributed by atoms with Crippen LogP contribution >= 0.6 is 0 Å². The molecule has 5 rings (SSSR count). The number of Topliss-reactive ketones (excluding diaryl/α,β-unsaturated/α-hetero) is 1. The lowest BCUT2D eigenvalue weighted by Gasteiger charge is -2.19. The Morgan fingerprint density at radius 2 is 2.07 bits per heavy atom. The topological polar surface area (TPSA) is 63.9 Å². The molecule has 1 aromatic carbocycles. The minimum atomic E-state index is 0.194. The maximum atomic E-state index is 12.5. The average molecular weight is 390 g/mol. The highest BCUT2D eigenvalue weighted by Gasteiger charge is 2.22. The molecule has 3 aromatic rings. The molecule has 1 saturated heterocycles. The van der Waals surface area contributed by atoms with Crippen LogP contribution in [0.15, 0.2) is 30.6 Å². The van der Waals surface area contributed by atoms with Gasteiger partial charge in [0, 0.05) is 36.2 Å². The molecule has 1 atom stereocenters. The van der Waals surface area contributed by atoms with Crippen LogP contribution in [0.4, 0.5) is 0 Å². The quantitative estimate of drug-likeness (QED) is 0.669. The second kappa shape index (κ2) is 7.67. The van der Waals surface area contributed by atoms with Crippen LogP contribution in [0, 0.1) is 0 Å². The summed E-state index contributed by atoms with van der Waals surface area (Å²) in [5.41, 5.74) is 3.17. The minimum Gasteiger partial charge on any atom is -0.328 e. The van der Waals surface area contributed by atoms with Crippen LogP contribution in [0.3, 0.4) is 0 Å². The summed E-state index contributed by atoms with van der Waals surface area (Å²) in [7, 11) is 0. The Balaban J connectivity index is 1.38. The number of fused-ring (bicyclic) bond motifs is 2. The molecule has 0 aliphatic carbocycles. The number of likely N-dealkylation sites (tertiary alicyclic amines) is 1. The van der Waals surface area contributed by atoms with Gasteiger partial charge in [0.2, 0.25) is 0 Å². The summed E-state index contributed by atoms with van der Waals surface area (Å²) in [6.07, 6.45) is 9.94. The first kappa shape index (κ1) is 18.4. The molecule has 0 bridgehead atoms. The predicted molar refractivity (Wildman–Crippen MR) is 113 cm³/mol. The third-order valence-corrected chi connectivity index (χ3v) is 6.32. The fourth-order valence-electron chi connectivity index (χ4n) is 4.64. The number of aromatic nitrogens is 4. The number of imidazole rings is 1. The summed E-state index contributed by atoms with van der Waals surface area (Å²) in [5, 5.41) is 0.997. The molecule has 0 saturated carbocycles. The highest BCUT2D eigenvalue weighted by atomic mass is 16.1. The van der Waals surface area contributed by atoms with Gasteiger partial charge in [-0.2, -0.15) is 0 Å². The van der Waals surface area contributed by atoms with E-state index in [2.05, 4.69) is 44.6 Å². The van der Waals surface area contributed by atoms with Crippen molar-refractivity contribution in [2.45, 2.75) is 58.0 Å². The first-order chi connectivity index (χ1) is 14.2. The second-order valence-corrected chi connectivity index (χ2v) is 8.41. The highest BCUT2D eigenvalue weighted by Crippen LogP contribution is 2.27. The fraction of sp³-hybridized carbons (Fsp3) is 0.478. The molecule has 150 valence electrons. The van der Waals surface area contributed by atoms with Gasteiger partial charge in [-0.15, -0.1) is 0 Å². The standard InChI is InChI=1S/C23H27N5O/c1-16-5-4-9-27(16)15-19(29)12-22-24-13-18-8-7-17(11-20(18)26-22)21-14-25-23-6-2-3-10-28(21)23/h7-8,11,13-14,16H,2-6,9-10,12,15H2,1H3/t16-/m1/s1. The molecule has 0 unspecified atom stereocenters. The van der Waals surface area contributed by atoms with Gasteiger partial charge in [-0.1, -0.05) is 12.1 Å². The van der Waals surface area contributed by atoms with E-state index in [9.17, 15) is 4.79 Å². The number of rotatable bonds is 5. The molecule has 4 heterocycles. The Hall–Kier alpha value is -2.60. The molecule has 0 N–H and O–H groups in total. The van der Waals surface area contributed by atoms with Gasteiger partial charge in [0.1, 0.15) is 11.6 Å². The van der Waals surface area contributed by atoms with E-state index >= 15 is 0 Å². The molecule has 29 heavy (non-hydrogen) atoms. The van der Waals surface area contributed by atoms with Crippen LogP contribution in [0.25, 0.3) is 22.2 Å². The lowest BCUT2D eigenvalue weighted by molar-refractivity contribution is -0.119. The Bertz CT molecular complexity index is 1060. The lowest BCUT2D eigenvalue weighted by atomic mass is 10.1. The zero-order chi connectivity index (χ0) is 19.8. The van der Waals surface area contributed by atoms with Gasteiger partial charge < -0.3 is 4.57 Å². The smallest absolute Gasteiger partial charge is 0.154 e. The highest BCUT2D eigenvalue weighted by molar-refractivity contribution is 5.85. The molecule has 1 fully saturated rings. The van der Waals surface area contributed by atoms with E-state index in [4.69, 9.17) is 4.98 Å². The van der Waals surface area contributed by atoms with Gasteiger partial charge in [0.05, 0.1) is 30.4 Å². The number of carbonyl (C=O) groups excluding carboxylic acids is 1. The monoisotopic (exact) mass is 389 g/mol. The lowest BCUT2D eigenvalue weighted by Crippen LogP contribution is -2.33. The predicted octanol–water partition coefficient (Wildman–Crippen LogP) is 3.43. The van der Waals surface area contributed by atoms with Crippen molar-refractivity contribution in [1.82, 2.24) is 24.4 Å². The van der Waals surface area contributed by atoms with E-state index in [1.165, 1.54) is 31.5 Å². The van der Waals surface area contributed by atoms with Crippen molar-refractivity contribution < 1.29 is 4.79 Å². The summed E-state index contributed by atoms with van der Waals surface area (Å²) >= 11 is 0. The zero-order valence-electron chi connectivity index (χ0n) is 17.0. The van der Waals surface area contributed by atoms with E-state index in [0.29, 0.717) is 24.8 Å². The first-order valence-corrected chi connectivity index (χ1v) is 10.7. The van der Waals surface area contributed by atoms with Crippen LogP contribution in [0.1, 0.15) is 44.3 Å². The molecule has 2 aromatic heterocycles. The van der Waals surface area contributed by atoms with Crippen molar-refractivity contribution in [3.05, 3.63) is 42.2 Å². The van der Waals surface area contributed by atoms with Gasteiger partial charge in [-0.25, -0.2) is 15.0 Å². The van der Waals surface area contributed by atoms with Crippen molar-refractivity contribution in [2.24, 2.45) is 0 Å². The van der Waals surface area contributed by atoms with Crippen LogP contribution in [0.5, 0.6) is 0 Å². The average Bonchev–Trinajstić information content (AvgIpc) is 3.34. The van der Waals surface area contributed by atoms with Crippen molar-refractivity contribution in [3.63, 3.8) is 0 Å². The van der Waals surface area contributed by atoms with E-state index < -0.39 is 0 Å². The van der Waals surface area contributed by atoms with E-state index in [1.807, 2.05) is 12.4 Å². The SMILES string of the molecule is C[C@@H]1CCCN1CC(=O)Cc1ncc2ccc(-c3cnc4n3CCCC4)cc2n1. The number of nitrogens with zero attached hydrogens (tertiary/aromatic N) is 5. The number of ketones is 1. The van der Waals surface area contributed by atoms with E-state index in [0.717, 1.165) is 41.7 Å². The third-order valence-electron chi connectivity index (χ3n) is 6.32. The second-order valence-electron chi connectivity index (χ2n) is 8.41. The Morgan fingerprint density at radius 1 is 1.14 bits per heavy atom. The van der Waals surface area contributed by atoms with Gasteiger partial charge in [-0.05, 0) is 45.2 Å². The van der Waals surface area contributed by atoms with Crippen LogP contribution in [-0.4, -0.2) is 49.3 Å². The maximum absolute atomic E-state index is 12.5. The minimum absolute atomic E-state index is 0.194. The number of hydrogen-bond donors (Lipinski definition) is 0. The van der Waals surface area contributed by atoms with Gasteiger partial charge in [0.25, 0.3) is 0 Å². The maximum Gasteiger partial charge on any atom is 0.154 e. The molecule has 2 aliphatic heterocycles. The normalized spacial score (nSPS) is 19.6. The summed E-state index contributed by atoms with van der Waals surface area (Å²) < 4.78 is 2.33. The summed E-state index contributed by atoms with van der Waals surface area (Å²) in [6.45, 7) is 4.75. The first-order valence-electron chi connectivity index (χ1n) is 10.7. The van der Waals surface area contributed by atoms with Crippen molar-refractivity contribution in [1.29, 1.82) is 0 Å². The van der Waals surface area contributed by atoms with Crippen molar-refractivity contribution >= 4 is 16.7 Å². The Labute approximate surface area is 171 Å². The van der Waals surface area contributed by atoms with Crippen LogP contribution in [0.2, 0.25) is 0 Å². The molecule has 6 nitrogen and oxygen atoms in total. The van der Waals surface area contributed by atoms with Gasteiger partial charge in [-0.3, -0.25) is 9.69 Å². The van der Waals surface area contributed by atoms with E-state index in [1.54, 1.807) is 0 Å². The Morgan fingerprint density at radius 3 is 2.93 bits per heavy atom. The van der Waals surface area contributed by atoms with Crippen molar-refractivity contribution in [2.75, 3.05) is 13.1 Å². The fourth-order valence-corrected chi connectivity index (χ4v) is 4.64. The van der Waals surface area contributed by atoms with E-state index in [-0.39, 0.29) is 5.78 Å². The number of hydrogen-bond acceptors (Lipinski definition) is 5. The summed E-state index contributed by atoms with van der Waals surface area (Å²) in [5.74, 6) is 1.98. The van der Waals surface area contributed by atoms with Crippen LogP contribution in [-0.2, 0) is 24.2 Å². The third kappa shape index (κ3) is 3.69. The molecular formula is C23H27N5O. The molecule has 2 aliphatic rings. The van der Waals surface area contributed by atoms with Crippen LogP contribution < -0.4 is 0 Å². The number of aryl methyl sites for hydroxylation is 1. The van der Waals surface area contributed by atoms with Gasteiger partial charge >= 0.3 is 0 Å². The molecule has 0 amide bonds. The number of benzene rings is 1. The molecular weight excluding hydrogens is 362 g/mol. The zero-order valence-corrected chi connectivity index (χ0v) is 17.0. The molecule has 0 radical (unpaired) electrons. The summed E-state index contributed by atoms with van der Waals surface area (Å²) in [6, 6.07) is 6.78. The Kier molecular flexibility index (Phi) is 4.87. The number of carbonyl (C=O) groups is 1. The summed E-state index contributed by atoms with van der Waals surface area (Å²) in [4.78, 5) is 28.6. The molecule has 0 spiro atoms. The van der Waals surface area contributed by atoms with Gasteiger partial charge in [0.15, 0.2) is 5.78 Å². The molecule has 6 heteroatoms. The van der Waals surface area contributed by atoms with Crippen molar-refractivity contribution in [3.8, 4) is 11.3 Å².